The normalized spacial score (nSPS) is 11.6. The molecule has 0 amide bonds. The quantitative estimate of drug-likeness (QED) is 0.0960. The molecule has 0 radical (unpaired) electrons. The second-order valence-electron chi connectivity index (χ2n) is 11.5. The summed E-state index contributed by atoms with van der Waals surface area (Å²) in [7, 11) is 0. The van der Waals surface area contributed by atoms with E-state index in [2.05, 4.69) is 13.8 Å². The zero-order chi connectivity index (χ0) is 29.6. The van der Waals surface area contributed by atoms with Gasteiger partial charge in [-0.1, -0.05) is 190 Å². The average Bonchev–Trinajstić information content (AvgIpc) is 3.02. The number of benzene rings is 2. The minimum atomic E-state index is -1.08. The highest BCUT2D eigenvalue weighted by Gasteiger charge is 2.18. The van der Waals surface area contributed by atoms with Gasteiger partial charge >= 0.3 is 0 Å². The Morgan fingerprint density at radius 1 is 0.537 bits per heavy atom. The van der Waals surface area contributed by atoms with Crippen LogP contribution in [0, 0.1) is 0 Å². The Balaban J connectivity index is 0.000000447. The summed E-state index contributed by atoms with van der Waals surface area (Å²) in [4.78, 5) is 11.9. The van der Waals surface area contributed by atoms with Gasteiger partial charge in [0.15, 0.2) is 5.78 Å². The fourth-order valence-corrected chi connectivity index (χ4v) is 5.03. The first-order chi connectivity index (χ1) is 20.2. The second kappa shape index (κ2) is 28.2. The van der Waals surface area contributed by atoms with Crippen molar-refractivity contribution < 1.29 is 14.6 Å². The molecule has 0 aliphatic carbocycles. The number of Topliss-reactive ketones (excluding diaryl/α,β-unsaturated/α-hetero) is 1. The van der Waals surface area contributed by atoms with E-state index in [0.717, 1.165) is 13.2 Å². The van der Waals surface area contributed by atoms with Gasteiger partial charge in [0.1, 0.15) is 6.10 Å². The predicted octanol–water partition coefficient (Wildman–Crippen LogP) is 11.4. The maximum Gasteiger partial charge on any atom is 0.195 e. The molecule has 2 aromatic carbocycles. The van der Waals surface area contributed by atoms with Gasteiger partial charge in [-0.05, 0) is 18.4 Å². The topological polar surface area (TPSA) is 46.5 Å². The molecule has 0 spiro atoms. The Hall–Kier alpha value is -1.97. The summed E-state index contributed by atoms with van der Waals surface area (Å²) in [5.41, 5.74) is 1.15. The van der Waals surface area contributed by atoms with Gasteiger partial charge in [0.25, 0.3) is 0 Å². The lowest BCUT2D eigenvalue weighted by molar-refractivity contribution is 0.0747. The first-order valence-corrected chi connectivity index (χ1v) is 17.1. The molecule has 0 aliphatic heterocycles. The Morgan fingerprint density at radius 2 is 0.878 bits per heavy atom. The van der Waals surface area contributed by atoms with Crippen LogP contribution in [0.3, 0.4) is 0 Å². The van der Waals surface area contributed by atoms with Crippen molar-refractivity contribution in [3.63, 3.8) is 0 Å². The van der Waals surface area contributed by atoms with E-state index in [1.54, 1.807) is 48.5 Å². The monoisotopic (exact) mass is 566 g/mol. The number of aliphatic hydroxyl groups is 1. The molecule has 1 unspecified atom stereocenters. The summed E-state index contributed by atoms with van der Waals surface area (Å²) < 4.78 is 5.78. The van der Waals surface area contributed by atoms with Crippen LogP contribution in [0.1, 0.15) is 164 Å². The molecule has 2 rings (SSSR count). The first kappa shape index (κ1) is 37.1. The number of ether oxygens (including phenoxy) is 1. The lowest BCUT2D eigenvalue weighted by Crippen LogP contribution is -2.11. The van der Waals surface area contributed by atoms with E-state index in [9.17, 15) is 9.90 Å². The van der Waals surface area contributed by atoms with Crippen molar-refractivity contribution >= 4 is 5.78 Å². The lowest BCUT2D eigenvalue weighted by atomic mass is 10.0. The van der Waals surface area contributed by atoms with Crippen LogP contribution in [-0.2, 0) is 4.74 Å². The molecule has 3 heteroatoms. The third-order valence-electron chi connectivity index (χ3n) is 7.71. The van der Waals surface area contributed by atoms with Crippen molar-refractivity contribution in [2.24, 2.45) is 0 Å². The van der Waals surface area contributed by atoms with Crippen molar-refractivity contribution in [2.75, 3.05) is 13.2 Å². The summed E-state index contributed by atoms with van der Waals surface area (Å²) in [5.74, 6) is -0.271. The van der Waals surface area contributed by atoms with E-state index in [4.69, 9.17) is 4.74 Å². The third-order valence-corrected chi connectivity index (χ3v) is 7.71. The van der Waals surface area contributed by atoms with Gasteiger partial charge in [-0.3, -0.25) is 4.79 Å². The standard InChI is InChI=1S/C24H50O.C14H12O2/c1-3-5-7-9-11-13-15-17-19-21-23-25-24-22-20-18-16-14-12-10-8-6-4-2;15-13(11-7-3-1-4-8-11)14(16)12-9-5-2-6-10-12/h3-24H2,1-2H3;1-10,13,15H. The van der Waals surface area contributed by atoms with Crippen molar-refractivity contribution in [3.05, 3.63) is 71.8 Å². The van der Waals surface area contributed by atoms with Gasteiger partial charge in [0, 0.05) is 18.8 Å². The molecular formula is C38H62O3. The lowest BCUT2D eigenvalue weighted by Gasteiger charge is -2.09. The van der Waals surface area contributed by atoms with Crippen molar-refractivity contribution in [1.29, 1.82) is 0 Å². The van der Waals surface area contributed by atoms with E-state index in [0.29, 0.717) is 11.1 Å². The van der Waals surface area contributed by atoms with E-state index in [1.165, 1.54) is 128 Å². The number of hydrogen-bond donors (Lipinski definition) is 1. The molecule has 41 heavy (non-hydrogen) atoms. The molecule has 3 nitrogen and oxygen atoms in total. The molecule has 1 atom stereocenters. The highest BCUT2D eigenvalue weighted by Crippen LogP contribution is 2.18. The number of unbranched alkanes of at least 4 members (excludes halogenated alkanes) is 18. The molecule has 0 heterocycles. The Labute approximate surface area is 253 Å². The van der Waals surface area contributed by atoms with Crippen LogP contribution in [0.2, 0.25) is 0 Å². The molecular weight excluding hydrogens is 504 g/mol. The first-order valence-electron chi connectivity index (χ1n) is 17.1. The number of hydrogen-bond acceptors (Lipinski definition) is 3. The minimum absolute atomic E-state index is 0.271. The fraction of sp³-hybridized carbons (Fsp3) is 0.658. The Bertz CT molecular complexity index is 783. The SMILES string of the molecule is CCCCCCCCCCCCOCCCCCCCCCCCC.O=C(c1ccccc1)C(O)c1ccccc1. The number of carbonyl (C=O) groups excluding carboxylic acids is 1. The fourth-order valence-electron chi connectivity index (χ4n) is 5.03. The molecule has 0 saturated carbocycles. The highest BCUT2D eigenvalue weighted by atomic mass is 16.5. The summed E-state index contributed by atoms with van der Waals surface area (Å²) in [6, 6.07) is 17.7. The predicted molar refractivity (Wildman–Crippen MR) is 177 cm³/mol. The van der Waals surface area contributed by atoms with Crippen molar-refractivity contribution in [1.82, 2.24) is 0 Å². The Morgan fingerprint density at radius 3 is 1.27 bits per heavy atom. The Kier molecular flexibility index (Phi) is 25.5. The summed E-state index contributed by atoms with van der Waals surface area (Å²) in [5, 5.41) is 9.89. The molecule has 0 fully saturated rings. The van der Waals surface area contributed by atoms with Crippen LogP contribution < -0.4 is 0 Å². The maximum atomic E-state index is 11.9. The van der Waals surface area contributed by atoms with Gasteiger partial charge in [0.05, 0.1) is 0 Å². The van der Waals surface area contributed by atoms with E-state index < -0.39 is 6.10 Å². The summed E-state index contributed by atoms with van der Waals surface area (Å²) in [6.45, 7) is 6.57. The average molecular weight is 567 g/mol. The molecule has 0 aliphatic rings. The highest BCUT2D eigenvalue weighted by molar-refractivity contribution is 5.99. The smallest absolute Gasteiger partial charge is 0.195 e. The molecule has 0 saturated heterocycles. The number of ketones is 1. The van der Waals surface area contributed by atoms with E-state index in [1.807, 2.05) is 12.1 Å². The zero-order valence-electron chi connectivity index (χ0n) is 26.7. The van der Waals surface area contributed by atoms with Crippen LogP contribution in [0.15, 0.2) is 60.7 Å². The third kappa shape index (κ3) is 21.4. The van der Waals surface area contributed by atoms with Crippen molar-refractivity contribution in [3.8, 4) is 0 Å². The second-order valence-corrected chi connectivity index (χ2v) is 11.5. The van der Waals surface area contributed by atoms with Crippen LogP contribution in [0.25, 0.3) is 0 Å². The van der Waals surface area contributed by atoms with Gasteiger partial charge in [-0.15, -0.1) is 0 Å². The zero-order valence-corrected chi connectivity index (χ0v) is 26.7. The molecule has 0 aromatic heterocycles. The largest absolute Gasteiger partial charge is 0.381 e. The van der Waals surface area contributed by atoms with Crippen LogP contribution in [0.5, 0.6) is 0 Å². The molecule has 232 valence electrons. The molecule has 1 N–H and O–H groups in total. The van der Waals surface area contributed by atoms with Gasteiger partial charge in [-0.2, -0.15) is 0 Å². The maximum absolute atomic E-state index is 11.9. The van der Waals surface area contributed by atoms with E-state index >= 15 is 0 Å². The van der Waals surface area contributed by atoms with Gasteiger partial charge in [-0.25, -0.2) is 0 Å². The van der Waals surface area contributed by atoms with Crippen LogP contribution >= 0.6 is 0 Å². The summed E-state index contributed by atoms with van der Waals surface area (Å²) in [6.07, 6.45) is 27.1. The van der Waals surface area contributed by atoms with Crippen molar-refractivity contribution in [2.45, 2.75) is 148 Å². The van der Waals surface area contributed by atoms with E-state index in [-0.39, 0.29) is 5.78 Å². The van der Waals surface area contributed by atoms with Crippen LogP contribution in [0.4, 0.5) is 0 Å². The van der Waals surface area contributed by atoms with Gasteiger partial charge < -0.3 is 9.84 Å². The molecule has 2 aromatic rings. The number of aliphatic hydroxyl groups excluding tert-OH is 1. The molecule has 0 bridgehead atoms. The summed E-state index contributed by atoms with van der Waals surface area (Å²) >= 11 is 0. The van der Waals surface area contributed by atoms with Gasteiger partial charge in [0.2, 0.25) is 0 Å². The number of carbonyl (C=O) groups is 1. The minimum Gasteiger partial charge on any atom is -0.381 e. The number of rotatable bonds is 25. The van der Waals surface area contributed by atoms with Crippen LogP contribution in [-0.4, -0.2) is 24.1 Å².